The molecule has 0 aliphatic rings. The number of methoxy groups -OCH3 is 1. The quantitative estimate of drug-likeness (QED) is 0.542. The van der Waals surface area contributed by atoms with E-state index in [0.29, 0.717) is 5.56 Å². The highest BCUT2D eigenvalue weighted by atomic mass is 16.5. The summed E-state index contributed by atoms with van der Waals surface area (Å²) in [7, 11) is 1.30. The number of ether oxygens (including phenoxy) is 1. The van der Waals surface area contributed by atoms with Crippen LogP contribution in [0.3, 0.4) is 0 Å². The largest absolute Gasteiger partial charge is 0.464 e. The van der Waals surface area contributed by atoms with Crippen LogP contribution < -0.4 is 0 Å². The number of carbonyl (C=O) groups excluding carboxylic acids is 1. The first-order valence-corrected chi connectivity index (χ1v) is 2.75. The fourth-order valence-electron chi connectivity index (χ4n) is 0.581. The zero-order chi connectivity index (χ0) is 7.56. The number of hydrogen-bond donors (Lipinski definition) is 0. The number of aromatic nitrogens is 1. The van der Waals surface area contributed by atoms with Gasteiger partial charge in [-0.1, -0.05) is 5.16 Å². The van der Waals surface area contributed by atoms with Gasteiger partial charge in [-0.25, -0.2) is 4.79 Å². The second-order valence-electron chi connectivity index (χ2n) is 1.84. The molecule has 1 aromatic rings. The Morgan fingerprint density at radius 2 is 2.50 bits per heavy atom. The molecule has 4 heteroatoms. The van der Waals surface area contributed by atoms with Gasteiger partial charge in [0, 0.05) is 5.56 Å². The minimum atomic E-state index is -0.466. The van der Waals surface area contributed by atoms with Gasteiger partial charge in [0.25, 0.3) is 0 Å². The summed E-state index contributed by atoms with van der Waals surface area (Å²) in [6, 6.07) is 0. The van der Waals surface area contributed by atoms with Crippen LogP contribution >= 0.6 is 0 Å². The maximum atomic E-state index is 10.8. The zero-order valence-corrected chi connectivity index (χ0v) is 5.75. The van der Waals surface area contributed by atoms with Gasteiger partial charge >= 0.3 is 5.97 Å². The van der Waals surface area contributed by atoms with Gasteiger partial charge in [-0.2, -0.15) is 0 Å². The van der Waals surface area contributed by atoms with E-state index >= 15 is 0 Å². The molecule has 1 aromatic heterocycles. The average molecular weight is 141 g/mol. The third-order valence-electron chi connectivity index (χ3n) is 1.13. The van der Waals surface area contributed by atoms with E-state index < -0.39 is 5.97 Å². The smallest absolute Gasteiger partial charge is 0.360 e. The Morgan fingerprint density at radius 3 is 2.90 bits per heavy atom. The van der Waals surface area contributed by atoms with Gasteiger partial charge in [0.05, 0.1) is 7.11 Å². The number of nitrogens with zero attached hydrogens (tertiary/aromatic N) is 1. The first-order chi connectivity index (χ1) is 4.75. The summed E-state index contributed by atoms with van der Waals surface area (Å²) in [6.45, 7) is 1.72. The van der Waals surface area contributed by atoms with Crippen LogP contribution in [0.1, 0.15) is 16.1 Å². The number of aryl methyl sites for hydroxylation is 1. The maximum Gasteiger partial charge on any atom is 0.360 e. The van der Waals surface area contributed by atoms with E-state index in [2.05, 4.69) is 14.4 Å². The topological polar surface area (TPSA) is 52.3 Å². The average Bonchev–Trinajstić information content (AvgIpc) is 2.34. The van der Waals surface area contributed by atoms with E-state index in [1.54, 1.807) is 6.92 Å². The van der Waals surface area contributed by atoms with Crippen molar-refractivity contribution >= 4 is 5.97 Å². The predicted octanol–water partition coefficient (Wildman–Crippen LogP) is 0.770. The lowest BCUT2D eigenvalue weighted by atomic mass is 10.3. The van der Waals surface area contributed by atoms with Crippen LogP contribution in [0.5, 0.6) is 0 Å². The Labute approximate surface area is 57.8 Å². The van der Waals surface area contributed by atoms with Gasteiger partial charge in [-0.3, -0.25) is 0 Å². The summed E-state index contributed by atoms with van der Waals surface area (Å²) in [5.41, 5.74) is 0.925. The van der Waals surface area contributed by atoms with E-state index in [1.165, 1.54) is 13.4 Å². The molecule has 0 fully saturated rings. The van der Waals surface area contributed by atoms with Crippen molar-refractivity contribution in [1.29, 1.82) is 0 Å². The van der Waals surface area contributed by atoms with Gasteiger partial charge < -0.3 is 9.26 Å². The summed E-state index contributed by atoms with van der Waals surface area (Å²) in [6.07, 6.45) is 1.40. The Kier molecular flexibility index (Phi) is 1.71. The Bertz CT molecular complexity index is 241. The molecule has 0 bridgehead atoms. The molecule has 4 nitrogen and oxygen atoms in total. The molecule has 0 spiro atoms. The first kappa shape index (κ1) is 6.80. The minimum Gasteiger partial charge on any atom is -0.464 e. The van der Waals surface area contributed by atoms with Crippen LogP contribution in [0.2, 0.25) is 0 Å². The Balaban J connectivity index is 2.93. The third-order valence-corrected chi connectivity index (χ3v) is 1.13. The predicted molar refractivity (Wildman–Crippen MR) is 32.6 cm³/mol. The molecule has 0 atom stereocenters. The lowest BCUT2D eigenvalue weighted by Gasteiger charge is -1.91. The summed E-state index contributed by atoms with van der Waals surface area (Å²) >= 11 is 0. The molecule has 54 valence electrons. The van der Waals surface area contributed by atoms with E-state index in [1.807, 2.05) is 0 Å². The summed E-state index contributed by atoms with van der Waals surface area (Å²) in [5, 5.41) is 3.44. The summed E-state index contributed by atoms with van der Waals surface area (Å²) in [4.78, 5) is 10.8. The molecule has 0 saturated heterocycles. The van der Waals surface area contributed by atoms with E-state index in [0.717, 1.165) is 0 Å². The standard InChI is InChI=1S/C6H7NO3/c1-4-3-10-7-5(4)6(8)9-2/h3H,1-2H3. The van der Waals surface area contributed by atoms with Crippen molar-refractivity contribution < 1.29 is 14.1 Å². The van der Waals surface area contributed by atoms with Crippen molar-refractivity contribution in [3.63, 3.8) is 0 Å². The zero-order valence-electron chi connectivity index (χ0n) is 5.75. The Morgan fingerprint density at radius 1 is 1.80 bits per heavy atom. The highest BCUT2D eigenvalue weighted by Crippen LogP contribution is 2.04. The van der Waals surface area contributed by atoms with E-state index in [4.69, 9.17) is 0 Å². The van der Waals surface area contributed by atoms with Crippen LogP contribution in [-0.2, 0) is 4.74 Å². The van der Waals surface area contributed by atoms with E-state index in [-0.39, 0.29) is 5.69 Å². The van der Waals surface area contributed by atoms with Crippen molar-refractivity contribution in [2.45, 2.75) is 6.92 Å². The first-order valence-electron chi connectivity index (χ1n) is 2.75. The molecule has 0 unspecified atom stereocenters. The molecule has 0 aliphatic carbocycles. The SMILES string of the molecule is COC(=O)c1nocc1C. The highest BCUT2D eigenvalue weighted by molar-refractivity contribution is 5.88. The molecule has 1 heterocycles. The summed E-state index contributed by atoms with van der Waals surface area (Å²) < 4.78 is 8.93. The molecule has 0 N–H and O–H groups in total. The molecule has 10 heavy (non-hydrogen) atoms. The van der Waals surface area contributed by atoms with Gasteiger partial charge in [0.2, 0.25) is 0 Å². The van der Waals surface area contributed by atoms with Crippen molar-refractivity contribution in [3.8, 4) is 0 Å². The van der Waals surface area contributed by atoms with Crippen molar-refractivity contribution in [2.75, 3.05) is 7.11 Å². The fourth-order valence-corrected chi connectivity index (χ4v) is 0.581. The van der Waals surface area contributed by atoms with Crippen molar-refractivity contribution in [1.82, 2.24) is 5.16 Å². The lowest BCUT2D eigenvalue weighted by Crippen LogP contribution is -2.02. The number of rotatable bonds is 1. The van der Waals surface area contributed by atoms with Gasteiger partial charge in [-0.15, -0.1) is 0 Å². The molecule has 0 aromatic carbocycles. The number of hydrogen-bond acceptors (Lipinski definition) is 4. The third kappa shape index (κ3) is 1.00. The van der Waals surface area contributed by atoms with Crippen LogP contribution in [0.4, 0.5) is 0 Å². The van der Waals surface area contributed by atoms with Crippen LogP contribution in [-0.4, -0.2) is 18.2 Å². The second-order valence-corrected chi connectivity index (χ2v) is 1.84. The maximum absolute atomic E-state index is 10.8. The molecular formula is C6H7NO3. The van der Waals surface area contributed by atoms with Crippen molar-refractivity contribution in [2.24, 2.45) is 0 Å². The van der Waals surface area contributed by atoms with Gasteiger partial charge in [0.15, 0.2) is 5.69 Å². The molecule has 0 saturated carbocycles. The normalized spacial score (nSPS) is 9.40. The monoisotopic (exact) mass is 141 g/mol. The number of carbonyl (C=O) groups is 1. The molecular weight excluding hydrogens is 134 g/mol. The fraction of sp³-hybridized carbons (Fsp3) is 0.333. The van der Waals surface area contributed by atoms with E-state index in [9.17, 15) is 4.79 Å². The van der Waals surface area contributed by atoms with Gasteiger partial charge in [0.1, 0.15) is 6.26 Å². The van der Waals surface area contributed by atoms with Gasteiger partial charge in [-0.05, 0) is 6.92 Å². The minimum absolute atomic E-state index is 0.238. The highest BCUT2D eigenvalue weighted by Gasteiger charge is 2.12. The molecule has 1 rings (SSSR count). The molecule has 0 aliphatic heterocycles. The number of esters is 1. The van der Waals surface area contributed by atoms with Crippen molar-refractivity contribution in [3.05, 3.63) is 17.5 Å². The Hall–Kier alpha value is -1.32. The lowest BCUT2D eigenvalue weighted by molar-refractivity contribution is 0.0588. The molecule has 0 radical (unpaired) electrons. The van der Waals surface area contributed by atoms with Crippen LogP contribution in [0.25, 0.3) is 0 Å². The molecule has 0 amide bonds. The summed E-state index contributed by atoms with van der Waals surface area (Å²) in [5.74, 6) is -0.466. The van der Waals surface area contributed by atoms with Crippen LogP contribution in [0.15, 0.2) is 10.8 Å². The second kappa shape index (κ2) is 2.51. The van der Waals surface area contributed by atoms with Crippen LogP contribution in [0, 0.1) is 6.92 Å².